The predicted molar refractivity (Wildman–Crippen MR) is 315 cm³/mol. The molecule has 0 aromatic rings. The number of halogens is 18. The fraction of sp³-hybridized carbons (Fsp3) is 1.00. The van der Waals surface area contributed by atoms with Crippen molar-refractivity contribution in [2.75, 3.05) is 0 Å². The van der Waals surface area contributed by atoms with E-state index in [1.165, 1.54) is 51.4 Å². The predicted octanol–water partition coefficient (Wildman–Crippen LogP) is 27.7. The molecule has 7 rings (SSSR count). The Morgan fingerprint density at radius 2 is 0.706 bits per heavy atom. The van der Waals surface area contributed by atoms with Crippen molar-refractivity contribution in [3.8, 4) is 0 Å². The minimum Gasteiger partial charge on any atom is -0.170 e. The maximum atomic E-state index is 13.0. The van der Waals surface area contributed by atoms with Crippen molar-refractivity contribution in [3.05, 3.63) is 0 Å². The monoisotopic (exact) mass is 1270 g/mol. The summed E-state index contributed by atoms with van der Waals surface area (Å²) in [6, 6.07) is 0. The summed E-state index contributed by atoms with van der Waals surface area (Å²) in [7, 11) is 0. The lowest BCUT2D eigenvalue weighted by atomic mass is 9.57. The quantitative estimate of drug-likeness (QED) is 0.230. The van der Waals surface area contributed by atoms with Crippen LogP contribution < -0.4 is 0 Å². The molecule has 0 amide bonds. The van der Waals surface area contributed by atoms with Crippen LogP contribution in [0.1, 0.15) is 306 Å². The third-order valence-corrected chi connectivity index (χ3v) is 20.0. The van der Waals surface area contributed by atoms with Crippen molar-refractivity contribution in [1.82, 2.24) is 0 Å². The molecule has 7 aliphatic rings. The molecular formula is C67H120F18. The Kier molecular flexibility index (Phi) is 32.6. The molecule has 0 aromatic carbocycles. The fourth-order valence-electron chi connectivity index (χ4n) is 11.7. The first-order valence-electron chi connectivity index (χ1n) is 31.9. The van der Waals surface area contributed by atoms with Crippen molar-refractivity contribution >= 4 is 0 Å². The van der Waals surface area contributed by atoms with Gasteiger partial charge in [-0.2, -0.15) is 79.0 Å². The summed E-state index contributed by atoms with van der Waals surface area (Å²) in [6.07, 6.45) is -19.9. The summed E-state index contributed by atoms with van der Waals surface area (Å²) in [4.78, 5) is 0. The topological polar surface area (TPSA) is 0 Å². The fourth-order valence-corrected chi connectivity index (χ4v) is 11.7. The number of fused-ring (bicyclic) bond motifs is 3. The van der Waals surface area contributed by atoms with Gasteiger partial charge in [-0.05, 0) is 184 Å². The normalized spacial score (nSPS) is 25.6. The number of rotatable bonds is 1. The smallest absolute Gasteiger partial charge is 0.170 e. The van der Waals surface area contributed by atoms with Gasteiger partial charge in [0.1, 0.15) is 0 Å². The molecule has 0 saturated heterocycles. The maximum absolute atomic E-state index is 13.0. The van der Waals surface area contributed by atoms with Crippen LogP contribution in [0.5, 0.6) is 0 Å². The molecule has 7 aliphatic carbocycles. The largest absolute Gasteiger partial charge is 0.403 e. The van der Waals surface area contributed by atoms with Crippen LogP contribution in [-0.4, -0.2) is 37.1 Å². The van der Waals surface area contributed by atoms with Crippen LogP contribution in [0.2, 0.25) is 0 Å². The molecule has 0 unspecified atom stereocenters. The highest BCUT2D eigenvalue weighted by molar-refractivity contribution is 5.02. The van der Waals surface area contributed by atoms with E-state index in [4.69, 9.17) is 0 Å². The third-order valence-electron chi connectivity index (χ3n) is 20.0. The zero-order valence-corrected chi connectivity index (χ0v) is 56.7. The summed E-state index contributed by atoms with van der Waals surface area (Å²) >= 11 is 0. The highest BCUT2D eigenvalue weighted by Crippen LogP contribution is 2.65. The zero-order valence-electron chi connectivity index (χ0n) is 56.7. The summed E-state index contributed by atoms with van der Waals surface area (Å²) in [6.45, 7) is 47.8. The molecule has 514 valence electrons. The van der Waals surface area contributed by atoms with Gasteiger partial charge in [0.05, 0.1) is 0 Å². The Morgan fingerprint density at radius 1 is 0.388 bits per heavy atom. The second kappa shape index (κ2) is 32.3. The van der Waals surface area contributed by atoms with Crippen LogP contribution >= 0.6 is 0 Å². The Balaban J connectivity index is 0. The molecule has 0 nitrogen and oxygen atoms in total. The Morgan fingerprint density at radius 3 is 0.906 bits per heavy atom. The highest BCUT2D eigenvalue weighted by atomic mass is 19.4. The molecule has 0 aliphatic heterocycles. The van der Waals surface area contributed by atoms with Crippen molar-refractivity contribution in [2.45, 2.75) is 343 Å². The molecule has 85 heavy (non-hydrogen) atoms. The van der Waals surface area contributed by atoms with Crippen LogP contribution in [0.4, 0.5) is 79.0 Å². The van der Waals surface area contributed by atoms with E-state index < -0.39 is 91.3 Å². The standard InChI is InChI=1S/C14H20F6.C10H18.2C9H12F6.2C7H16.C6H14.C5H12/c1-10-2-4-11(5-3-10)6-8-12(9-7-11,13(15,16)17)14(18,19)20;1-8-7-9-3-5-10(8,2)6-4-9;1-6-2-4-7(5-3-6,8(10,11)12)9(13,14)15;1-6-4-2-3-5-7(6,8(10,11)12)9(13,14)15;1-6(2)7(3,4)5;1-5-6-7(2,3)4;1-5-6(2,3)4;1-5(2,3)4/h10H,2-9H2,1H3;8-9H,3-7H2,1-2H3;2*6H,2-5H2,1H3;6H,1-5H3;5-6H2,1-4H3;5H2,1-4H3;1-4H3/t;8-,9?,10?;;6-;;;;/m.0.1..../s1. The minimum absolute atomic E-state index is 0.0106. The van der Waals surface area contributed by atoms with E-state index in [0.29, 0.717) is 34.0 Å². The number of alkyl halides is 18. The van der Waals surface area contributed by atoms with Gasteiger partial charge in [-0.1, -0.05) is 191 Å². The van der Waals surface area contributed by atoms with Crippen LogP contribution in [0.3, 0.4) is 0 Å². The molecule has 2 bridgehead atoms. The van der Waals surface area contributed by atoms with Gasteiger partial charge in [-0.3, -0.25) is 0 Å². The lowest BCUT2D eigenvalue weighted by Gasteiger charge is -2.49. The van der Waals surface area contributed by atoms with Gasteiger partial charge in [-0.15, -0.1) is 0 Å². The van der Waals surface area contributed by atoms with Crippen LogP contribution in [0.15, 0.2) is 0 Å². The van der Waals surface area contributed by atoms with Gasteiger partial charge in [0.15, 0.2) is 16.2 Å². The zero-order chi connectivity index (χ0) is 67.9. The molecular weight excluding hydrogens is 1150 g/mol. The highest BCUT2D eigenvalue weighted by Gasteiger charge is 2.74. The average Bonchev–Trinajstić information content (AvgIpc) is 3.51. The number of hydrogen-bond donors (Lipinski definition) is 0. The summed E-state index contributed by atoms with van der Waals surface area (Å²) < 4.78 is 229. The van der Waals surface area contributed by atoms with E-state index in [0.717, 1.165) is 55.8 Å². The van der Waals surface area contributed by atoms with Crippen molar-refractivity contribution in [2.24, 2.45) is 84.2 Å². The van der Waals surface area contributed by atoms with E-state index in [1.807, 2.05) is 0 Å². The summed E-state index contributed by atoms with van der Waals surface area (Å²) in [5.41, 5.74) is -7.87. The first kappa shape index (κ1) is 85.8. The van der Waals surface area contributed by atoms with Crippen LogP contribution in [-0.2, 0) is 0 Å². The molecule has 0 aromatic heterocycles. The van der Waals surface area contributed by atoms with Gasteiger partial charge < -0.3 is 0 Å². The third kappa shape index (κ3) is 27.6. The molecule has 0 heterocycles. The molecule has 0 N–H and O–H groups in total. The Bertz CT molecular complexity index is 1730. The summed E-state index contributed by atoms with van der Waals surface area (Å²) in [5.74, 6) is 2.02. The van der Waals surface area contributed by atoms with E-state index >= 15 is 0 Å². The molecule has 1 spiro atoms. The van der Waals surface area contributed by atoms with Crippen molar-refractivity contribution < 1.29 is 79.0 Å². The van der Waals surface area contributed by atoms with Crippen LogP contribution in [0.25, 0.3) is 0 Å². The Labute approximate surface area is 505 Å². The van der Waals surface area contributed by atoms with E-state index in [-0.39, 0.29) is 49.9 Å². The van der Waals surface area contributed by atoms with Gasteiger partial charge in [-0.25, -0.2) is 0 Å². The SMILES string of the molecule is CC(C)(C)C.CC(C)C(C)(C)C.CC1CCC(C(F)(F)F)(C(F)(F)F)CC1.CC1CCC2(CC1)CCC(C(F)(F)F)(C(F)(F)F)CC2.CCC(C)(C)C.CCCC(C)(C)C.C[C@@H]1CCCCC1(C(F)(F)F)C(F)(F)F.C[C@H]1CC2CCC1(C)CC2. The van der Waals surface area contributed by atoms with E-state index in [2.05, 4.69) is 138 Å². The number of hydrogen-bond acceptors (Lipinski definition) is 0. The lowest BCUT2D eigenvalue weighted by molar-refractivity contribution is -0.364. The first-order chi connectivity index (χ1) is 37.5. The molecule has 7 saturated carbocycles. The molecule has 18 heteroatoms. The minimum atomic E-state index is -5.20. The van der Waals surface area contributed by atoms with Crippen LogP contribution in [0, 0.1) is 84.2 Å². The Hall–Kier alpha value is -1.26. The van der Waals surface area contributed by atoms with Gasteiger partial charge in [0, 0.05) is 0 Å². The first-order valence-corrected chi connectivity index (χ1v) is 31.9. The van der Waals surface area contributed by atoms with Crippen molar-refractivity contribution in [1.29, 1.82) is 0 Å². The average molecular weight is 1270 g/mol. The molecule has 7 fully saturated rings. The molecule has 2 atom stereocenters. The van der Waals surface area contributed by atoms with E-state index in [9.17, 15) is 79.0 Å². The second-order valence-corrected chi connectivity index (χ2v) is 32.6. The molecule has 0 radical (unpaired) electrons. The van der Waals surface area contributed by atoms with Gasteiger partial charge >= 0.3 is 37.1 Å². The lowest BCUT2D eigenvalue weighted by Crippen LogP contribution is -2.55. The maximum Gasteiger partial charge on any atom is 0.403 e. The van der Waals surface area contributed by atoms with Crippen molar-refractivity contribution in [3.63, 3.8) is 0 Å². The summed E-state index contributed by atoms with van der Waals surface area (Å²) in [5, 5.41) is 0. The van der Waals surface area contributed by atoms with E-state index in [1.54, 1.807) is 6.92 Å². The van der Waals surface area contributed by atoms with Gasteiger partial charge in [0.2, 0.25) is 0 Å². The van der Waals surface area contributed by atoms with Gasteiger partial charge in [0.25, 0.3) is 0 Å². The second-order valence-electron chi connectivity index (χ2n) is 32.6.